The molecule has 2 amide bonds. The molecule has 2 aromatic heterocycles. The summed E-state index contributed by atoms with van der Waals surface area (Å²) in [7, 11) is 1.71. The third-order valence-corrected chi connectivity index (χ3v) is 6.74. The highest BCUT2D eigenvalue weighted by molar-refractivity contribution is 7.19. The first-order valence-electron chi connectivity index (χ1n) is 11.2. The van der Waals surface area contributed by atoms with Crippen LogP contribution in [-0.4, -0.2) is 46.0 Å². The number of rotatable bonds is 6. The lowest BCUT2D eigenvalue weighted by Gasteiger charge is -2.27. The van der Waals surface area contributed by atoms with Gasteiger partial charge in [-0.2, -0.15) is 13.2 Å². The average molecular weight is 506 g/mol. The number of urea groups is 1. The van der Waals surface area contributed by atoms with Gasteiger partial charge in [-0.15, -0.1) is 0 Å². The lowest BCUT2D eigenvalue weighted by molar-refractivity contribution is -0.138. The molecule has 1 aromatic carbocycles. The molecule has 0 atom stereocenters. The summed E-state index contributed by atoms with van der Waals surface area (Å²) in [6.07, 6.45) is 0.182. The van der Waals surface area contributed by atoms with E-state index in [2.05, 4.69) is 30.9 Å². The van der Waals surface area contributed by atoms with Gasteiger partial charge in [0.15, 0.2) is 5.13 Å². The minimum atomic E-state index is -4.52. The van der Waals surface area contributed by atoms with E-state index >= 15 is 0 Å². The Kier molecular flexibility index (Phi) is 7.51. The van der Waals surface area contributed by atoms with Crippen LogP contribution < -0.4 is 16.0 Å². The highest BCUT2D eigenvalue weighted by Crippen LogP contribution is 2.35. The minimum Gasteiger partial charge on any atom is -0.357 e. The molecule has 3 heterocycles. The van der Waals surface area contributed by atoms with Gasteiger partial charge in [0.05, 0.1) is 21.8 Å². The molecule has 0 spiro atoms. The van der Waals surface area contributed by atoms with Crippen LogP contribution in [-0.2, 0) is 12.7 Å². The maximum absolute atomic E-state index is 13.8. The molecule has 1 aliphatic rings. The Morgan fingerprint density at radius 3 is 2.60 bits per heavy atom. The van der Waals surface area contributed by atoms with Gasteiger partial charge in [-0.05, 0) is 56.6 Å². The van der Waals surface area contributed by atoms with Gasteiger partial charge in [0.25, 0.3) is 0 Å². The van der Waals surface area contributed by atoms with Crippen molar-refractivity contribution >= 4 is 34.1 Å². The molecule has 1 fully saturated rings. The zero-order valence-corrected chi connectivity index (χ0v) is 20.2. The number of hydrogen-bond donors (Lipinski definition) is 3. The van der Waals surface area contributed by atoms with Crippen molar-refractivity contribution in [2.24, 2.45) is 0 Å². The summed E-state index contributed by atoms with van der Waals surface area (Å²) >= 11 is 1.21. The highest BCUT2D eigenvalue weighted by atomic mass is 32.1. The lowest BCUT2D eigenvalue weighted by Crippen LogP contribution is -2.30. The summed E-state index contributed by atoms with van der Waals surface area (Å²) in [5, 5.41) is 8.25. The van der Waals surface area contributed by atoms with Crippen molar-refractivity contribution < 1.29 is 18.0 Å². The Morgan fingerprint density at radius 2 is 1.89 bits per heavy atom. The van der Waals surface area contributed by atoms with Gasteiger partial charge in [0, 0.05) is 25.5 Å². The number of aryl methyl sites for hydroxylation is 1. The predicted molar refractivity (Wildman–Crippen MR) is 131 cm³/mol. The summed E-state index contributed by atoms with van der Waals surface area (Å²) in [4.78, 5) is 28.1. The number of alkyl halides is 3. The van der Waals surface area contributed by atoms with Crippen LogP contribution in [0, 0.1) is 6.92 Å². The Hall–Kier alpha value is -3.25. The van der Waals surface area contributed by atoms with E-state index in [9.17, 15) is 18.0 Å². The molecule has 0 bridgehead atoms. The van der Waals surface area contributed by atoms with Gasteiger partial charge in [-0.1, -0.05) is 23.8 Å². The van der Waals surface area contributed by atoms with E-state index in [0.717, 1.165) is 43.3 Å². The summed E-state index contributed by atoms with van der Waals surface area (Å²) in [6, 6.07) is 4.97. The van der Waals surface area contributed by atoms with Gasteiger partial charge in [-0.3, -0.25) is 10.2 Å². The molecule has 12 heteroatoms. The number of hydrogen-bond acceptors (Lipinski definition) is 7. The SMILES string of the molecule is CNc1nccc(-c2sc(NC(=O)Nc3ccc(CN4CCCCC4)c(C(F)(F)F)c3)nc2C)n1. The molecule has 0 radical (unpaired) electrons. The molecule has 4 rings (SSSR count). The molecule has 186 valence electrons. The van der Waals surface area contributed by atoms with Crippen molar-refractivity contribution in [3.8, 4) is 10.6 Å². The minimum absolute atomic E-state index is 0.0557. The molecular formula is C23H26F3N7OS. The quantitative estimate of drug-likeness (QED) is 0.404. The third kappa shape index (κ3) is 6.25. The van der Waals surface area contributed by atoms with Crippen LogP contribution in [0.2, 0.25) is 0 Å². The summed E-state index contributed by atoms with van der Waals surface area (Å²) in [6.45, 7) is 3.61. The number of likely N-dealkylation sites (tertiary alicyclic amines) is 1. The zero-order chi connectivity index (χ0) is 25.0. The van der Waals surface area contributed by atoms with Crippen molar-refractivity contribution in [2.45, 2.75) is 38.9 Å². The molecule has 3 N–H and O–H groups in total. The zero-order valence-electron chi connectivity index (χ0n) is 19.4. The standard InChI is InChI=1S/C23H26F3N7OS/c1-14-19(18-8-9-28-20(27-2)31-18)35-22(29-14)32-21(34)30-16-7-6-15(17(12-16)23(24,25)26)13-33-10-4-3-5-11-33/h6-9,12H,3-5,10-11,13H2,1-2H3,(H,27,28,31)(H2,29,30,32,34). The van der Waals surface area contributed by atoms with Crippen molar-refractivity contribution in [1.82, 2.24) is 19.9 Å². The first-order chi connectivity index (χ1) is 16.7. The van der Waals surface area contributed by atoms with Crippen molar-refractivity contribution in [3.05, 3.63) is 47.3 Å². The van der Waals surface area contributed by atoms with E-state index in [-0.39, 0.29) is 17.8 Å². The summed E-state index contributed by atoms with van der Waals surface area (Å²) in [5.41, 5.74) is 0.827. The molecule has 35 heavy (non-hydrogen) atoms. The summed E-state index contributed by atoms with van der Waals surface area (Å²) < 4.78 is 41.3. The van der Waals surface area contributed by atoms with Crippen LogP contribution in [0.4, 0.5) is 34.7 Å². The monoisotopic (exact) mass is 505 g/mol. The Labute approximate surface area is 205 Å². The maximum Gasteiger partial charge on any atom is 0.416 e. The molecular weight excluding hydrogens is 479 g/mol. The summed E-state index contributed by atoms with van der Waals surface area (Å²) in [5.74, 6) is 0.451. The number of carbonyl (C=O) groups excluding carboxylic acids is 1. The fourth-order valence-corrected chi connectivity index (χ4v) is 4.90. The van der Waals surface area contributed by atoms with Gasteiger partial charge in [0.2, 0.25) is 5.95 Å². The second kappa shape index (κ2) is 10.6. The molecule has 1 saturated heterocycles. The van der Waals surface area contributed by atoms with E-state index in [1.54, 1.807) is 26.2 Å². The topological polar surface area (TPSA) is 95.1 Å². The first-order valence-corrected chi connectivity index (χ1v) is 12.0. The van der Waals surface area contributed by atoms with E-state index in [1.165, 1.54) is 23.5 Å². The average Bonchev–Trinajstić information content (AvgIpc) is 3.19. The number of aromatic nitrogens is 3. The number of anilines is 3. The van der Waals surface area contributed by atoms with Gasteiger partial charge in [-0.25, -0.2) is 19.7 Å². The van der Waals surface area contributed by atoms with Crippen LogP contribution in [0.15, 0.2) is 30.5 Å². The van der Waals surface area contributed by atoms with E-state index < -0.39 is 17.8 Å². The number of piperidine rings is 1. The number of thiazole rings is 1. The van der Waals surface area contributed by atoms with Crippen LogP contribution in [0.25, 0.3) is 10.6 Å². The lowest BCUT2D eigenvalue weighted by atomic mass is 10.0. The number of carbonyl (C=O) groups is 1. The molecule has 8 nitrogen and oxygen atoms in total. The molecule has 3 aromatic rings. The van der Waals surface area contributed by atoms with Crippen LogP contribution in [0.3, 0.4) is 0 Å². The number of nitrogens with zero attached hydrogens (tertiary/aromatic N) is 4. The second-order valence-corrected chi connectivity index (χ2v) is 9.23. The van der Waals surface area contributed by atoms with Gasteiger partial charge in [0.1, 0.15) is 0 Å². The van der Waals surface area contributed by atoms with Crippen LogP contribution >= 0.6 is 11.3 Å². The molecule has 0 saturated carbocycles. The normalized spacial score (nSPS) is 14.5. The van der Waals surface area contributed by atoms with E-state index in [0.29, 0.717) is 22.5 Å². The number of benzene rings is 1. The largest absolute Gasteiger partial charge is 0.416 e. The Morgan fingerprint density at radius 1 is 1.11 bits per heavy atom. The fourth-order valence-electron chi connectivity index (χ4n) is 3.97. The van der Waals surface area contributed by atoms with E-state index in [4.69, 9.17) is 0 Å². The van der Waals surface area contributed by atoms with Crippen molar-refractivity contribution in [2.75, 3.05) is 36.1 Å². The van der Waals surface area contributed by atoms with E-state index in [1.807, 2.05) is 4.90 Å². The van der Waals surface area contributed by atoms with Crippen LogP contribution in [0.5, 0.6) is 0 Å². The van der Waals surface area contributed by atoms with Crippen molar-refractivity contribution in [3.63, 3.8) is 0 Å². The molecule has 0 aliphatic carbocycles. The Bertz CT molecular complexity index is 1190. The molecule has 0 unspecified atom stereocenters. The maximum atomic E-state index is 13.8. The van der Waals surface area contributed by atoms with Crippen LogP contribution in [0.1, 0.15) is 36.1 Å². The van der Waals surface area contributed by atoms with Gasteiger partial charge < -0.3 is 10.6 Å². The van der Waals surface area contributed by atoms with Gasteiger partial charge >= 0.3 is 12.2 Å². The molecule has 1 aliphatic heterocycles. The second-order valence-electron chi connectivity index (χ2n) is 8.23. The fraction of sp³-hybridized carbons (Fsp3) is 0.391. The number of halogens is 3. The third-order valence-electron chi connectivity index (χ3n) is 5.64. The number of amides is 2. The highest BCUT2D eigenvalue weighted by Gasteiger charge is 2.34. The van der Waals surface area contributed by atoms with Crippen molar-refractivity contribution in [1.29, 1.82) is 0 Å². The first kappa shape index (κ1) is 24.9. The number of nitrogens with one attached hydrogen (secondary N) is 3. The Balaban J connectivity index is 1.47. The predicted octanol–water partition coefficient (Wildman–Crippen LogP) is 5.60. The smallest absolute Gasteiger partial charge is 0.357 e.